The van der Waals surface area contributed by atoms with Crippen LogP contribution in [0.15, 0.2) is 170 Å². The molecule has 0 aliphatic carbocycles. The Hall–Kier alpha value is -6.14. The molecule has 322 valence electrons. The molecule has 0 amide bonds. The van der Waals surface area contributed by atoms with Crippen molar-refractivity contribution >= 4 is 29.8 Å². The highest BCUT2D eigenvalue weighted by Crippen LogP contribution is 2.71. The second-order valence-corrected chi connectivity index (χ2v) is 19.9. The molecule has 7 aromatic carbocycles. The van der Waals surface area contributed by atoms with E-state index in [1.54, 1.807) is 12.1 Å². The zero-order chi connectivity index (χ0) is 44.7. The number of carbonyl (C=O) groups is 2. The molecule has 0 spiro atoms. The SMILES string of the molecule is CC(C)(C)c1cc(C=O)cc(-c2cc(C=O)cc(C(C)(C)C)c2OP2OC(c3ccccc3)(c3ccccc3)C(c3ccccc3)(c3ccccc3)O2)c1OP1Oc2ccccc2O1. The van der Waals surface area contributed by atoms with Crippen molar-refractivity contribution in [3.05, 3.63) is 214 Å². The lowest BCUT2D eigenvalue weighted by Gasteiger charge is -2.43. The van der Waals surface area contributed by atoms with Gasteiger partial charge in [-0.1, -0.05) is 175 Å². The van der Waals surface area contributed by atoms with Crippen LogP contribution in [0.5, 0.6) is 23.0 Å². The van der Waals surface area contributed by atoms with Gasteiger partial charge in [-0.15, -0.1) is 0 Å². The van der Waals surface area contributed by atoms with E-state index in [0.29, 0.717) is 45.3 Å². The highest BCUT2D eigenvalue weighted by molar-refractivity contribution is 7.43. The molecule has 1 saturated heterocycles. The molecule has 2 heterocycles. The van der Waals surface area contributed by atoms with Gasteiger partial charge in [-0.2, -0.15) is 0 Å². The number of fused-ring (bicyclic) bond motifs is 1. The molecule has 2 aliphatic heterocycles. The van der Waals surface area contributed by atoms with E-state index in [1.807, 2.05) is 109 Å². The van der Waals surface area contributed by atoms with Crippen LogP contribution in [0.3, 0.4) is 0 Å². The van der Waals surface area contributed by atoms with E-state index in [-0.39, 0.29) is 0 Å². The first-order valence-electron chi connectivity index (χ1n) is 21.1. The van der Waals surface area contributed by atoms with Crippen molar-refractivity contribution in [2.45, 2.75) is 63.6 Å². The summed E-state index contributed by atoms with van der Waals surface area (Å²) in [5.74, 6) is 1.97. The molecule has 7 aromatic rings. The van der Waals surface area contributed by atoms with Crippen molar-refractivity contribution in [2.75, 3.05) is 0 Å². The van der Waals surface area contributed by atoms with Gasteiger partial charge < -0.3 is 18.1 Å². The van der Waals surface area contributed by atoms with Gasteiger partial charge in [0.05, 0.1) is 0 Å². The molecule has 9 rings (SSSR count). The molecule has 8 nitrogen and oxygen atoms in total. The van der Waals surface area contributed by atoms with Crippen LogP contribution in [-0.2, 0) is 31.1 Å². The summed E-state index contributed by atoms with van der Waals surface area (Å²) < 4.78 is 41.8. The largest absolute Gasteiger partial charge is 0.530 e. The van der Waals surface area contributed by atoms with Gasteiger partial charge in [-0.25, -0.2) is 0 Å². The monoisotopic (exact) mass is 886 g/mol. The number of hydrogen-bond donors (Lipinski definition) is 0. The minimum absolute atomic E-state index is 0.408. The Bertz CT molecular complexity index is 2610. The molecule has 2 aliphatic rings. The van der Waals surface area contributed by atoms with Crippen LogP contribution in [-0.4, -0.2) is 12.6 Å². The Balaban J connectivity index is 1.30. The zero-order valence-electron chi connectivity index (χ0n) is 36.5. The second kappa shape index (κ2) is 17.1. The molecular formula is C54H48O8P2. The minimum atomic E-state index is -2.32. The van der Waals surface area contributed by atoms with Gasteiger partial charge in [0, 0.05) is 33.4 Å². The van der Waals surface area contributed by atoms with Gasteiger partial charge in [0.2, 0.25) is 0 Å². The maximum Gasteiger partial charge on any atom is 0.530 e. The lowest BCUT2D eigenvalue weighted by Crippen LogP contribution is -2.48. The summed E-state index contributed by atoms with van der Waals surface area (Å²) in [6.45, 7) is 12.3. The van der Waals surface area contributed by atoms with E-state index in [2.05, 4.69) is 90.1 Å². The van der Waals surface area contributed by atoms with Gasteiger partial charge >= 0.3 is 17.2 Å². The molecular weight excluding hydrogens is 839 g/mol. The van der Waals surface area contributed by atoms with E-state index in [1.165, 1.54) is 0 Å². The molecule has 0 unspecified atom stereocenters. The fourth-order valence-corrected chi connectivity index (χ4v) is 11.2. The van der Waals surface area contributed by atoms with Crippen LogP contribution in [0.1, 0.15) is 95.6 Å². The summed E-state index contributed by atoms with van der Waals surface area (Å²) in [5.41, 5.74) is 3.02. The molecule has 1 fully saturated rings. The summed E-state index contributed by atoms with van der Waals surface area (Å²) in [5, 5.41) is 0. The highest BCUT2D eigenvalue weighted by Gasteiger charge is 2.67. The van der Waals surface area contributed by atoms with Crippen molar-refractivity contribution in [3.63, 3.8) is 0 Å². The quantitative estimate of drug-likeness (QED) is 0.0937. The third-order valence-electron chi connectivity index (χ3n) is 11.6. The Kier molecular flexibility index (Phi) is 11.5. The van der Waals surface area contributed by atoms with Crippen LogP contribution in [0, 0.1) is 0 Å². The number of rotatable bonds is 11. The van der Waals surface area contributed by atoms with E-state index < -0.39 is 39.2 Å². The summed E-state index contributed by atoms with van der Waals surface area (Å²) in [7, 11) is -4.28. The Morgan fingerprint density at radius 1 is 0.438 bits per heavy atom. The zero-order valence-corrected chi connectivity index (χ0v) is 38.3. The normalized spacial score (nSPS) is 15.7. The number of para-hydroxylation sites is 2. The van der Waals surface area contributed by atoms with Crippen molar-refractivity contribution in [1.82, 2.24) is 0 Å². The summed E-state index contributed by atoms with van der Waals surface area (Å²) in [6.07, 6.45) is 1.64. The fourth-order valence-electron chi connectivity index (χ4n) is 8.57. The fraction of sp³-hybridized carbons (Fsp3) is 0.185. The van der Waals surface area contributed by atoms with Crippen LogP contribution in [0.4, 0.5) is 0 Å². The van der Waals surface area contributed by atoms with Gasteiger partial charge in [-0.3, -0.25) is 18.6 Å². The molecule has 0 bridgehead atoms. The van der Waals surface area contributed by atoms with Crippen LogP contribution in [0.2, 0.25) is 0 Å². The van der Waals surface area contributed by atoms with Crippen LogP contribution >= 0.6 is 17.2 Å². The van der Waals surface area contributed by atoms with Crippen molar-refractivity contribution < 1.29 is 36.7 Å². The van der Waals surface area contributed by atoms with E-state index in [9.17, 15) is 9.59 Å². The lowest BCUT2D eigenvalue weighted by atomic mass is 9.66. The molecule has 0 aromatic heterocycles. The second-order valence-electron chi connectivity index (χ2n) is 17.9. The van der Waals surface area contributed by atoms with Gasteiger partial charge in [0.25, 0.3) is 0 Å². The van der Waals surface area contributed by atoms with Crippen molar-refractivity contribution in [1.29, 1.82) is 0 Å². The summed E-state index contributed by atoms with van der Waals surface area (Å²) in [6, 6.07) is 55.1. The highest BCUT2D eigenvalue weighted by atomic mass is 31.2. The Labute approximate surface area is 377 Å². The van der Waals surface area contributed by atoms with Crippen LogP contribution < -0.4 is 18.1 Å². The molecule has 64 heavy (non-hydrogen) atoms. The number of aldehydes is 2. The Morgan fingerprint density at radius 2 is 0.750 bits per heavy atom. The third-order valence-corrected chi connectivity index (χ3v) is 13.8. The average Bonchev–Trinajstić information content (AvgIpc) is 3.89. The predicted octanol–water partition coefficient (Wildman–Crippen LogP) is 14.2. The maximum atomic E-state index is 13.0. The summed E-state index contributed by atoms with van der Waals surface area (Å²) >= 11 is 0. The first kappa shape index (κ1) is 43.1. The summed E-state index contributed by atoms with van der Waals surface area (Å²) in [4.78, 5) is 25.8. The standard InChI is InChI=1S/C54H48O8P2/c1-51(2,3)45-33-37(35-55)31-43(49(45)59-63-57-47-29-19-20-30-48(47)58-63)44-32-38(36-56)34-46(52(4,5)6)50(44)60-64-61-53(39-21-11-7-12-22-39,40-23-13-8-14-24-40)54(62-64,41-25-15-9-16-26-41)42-27-17-10-18-28-42/h7-36H,1-6H3. The molecule has 0 radical (unpaired) electrons. The first-order chi connectivity index (χ1) is 30.9. The van der Waals surface area contributed by atoms with E-state index in [0.717, 1.165) is 46.0 Å². The smallest absolute Gasteiger partial charge is 0.426 e. The lowest BCUT2D eigenvalue weighted by molar-refractivity contribution is 0.00370. The molecule has 0 N–H and O–H groups in total. The molecule has 0 atom stereocenters. The number of hydrogen-bond acceptors (Lipinski definition) is 8. The van der Waals surface area contributed by atoms with Gasteiger partial charge in [-0.05, 0) is 69.5 Å². The number of benzene rings is 7. The van der Waals surface area contributed by atoms with Crippen LogP contribution in [0.25, 0.3) is 11.1 Å². The first-order valence-corrected chi connectivity index (χ1v) is 23.3. The topological polar surface area (TPSA) is 89.5 Å². The Morgan fingerprint density at radius 3 is 1.06 bits per heavy atom. The third kappa shape index (κ3) is 7.69. The predicted molar refractivity (Wildman–Crippen MR) is 252 cm³/mol. The molecule has 0 saturated carbocycles. The van der Waals surface area contributed by atoms with Gasteiger partial charge in [0.1, 0.15) is 24.1 Å². The van der Waals surface area contributed by atoms with Crippen molar-refractivity contribution in [3.8, 4) is 34.1 Å². The molecule has 10 heteroatoms. The number of carbonyl (C=O) groups excluding carboxylic acids is 2. The van der Waals surface area contributed by atoms with Crippen molar-refractivity contribution in [2.24, 2.45) is 0 Å². The maximum absolute atomic E-state index is 13.0. The van der Waals surface area contributed by atoms with E-state index in [4.69, 9.17) is 27.1 Å². The average molecular weight is 887 g/mol. The van der Waals surface area contributed by atoms with Gasteiger partial charge in [0.15, 0.2) is 22.7 Å². The van der Waals surface area contributed by atoms with E-state index >= 15 is 0 Å². The minimum Gasteiger partial charge on any atom is -0.426 e.